The number of anilines is 3. The maximum atomic E-state index is 6.23. The molecule has 0 spiro atoms. The number of rotatable bonds is 6. The van der Waals surface area contributed by atoms with Gasteiger partial charge in [-0.3, -0.25) is 5.10 Å². The van der Waals surface area contributed by atoms with Crippen molar-refractivity contribution >= 4 is 45.1 Å². The Kier molecular flexibility index (Phi) is 5.97. The molecule has 0 fully saturated rings. The van der Waals surface area contributed by atoms with E-state index in [0.717, 1.165) is 15.7 Å². The monoisotopic (exact) mass is 501 g/mol. The summed E-state index contributed by atoms with van der Waals surface area (Å²) in [4.78, 5) is 8.81. The van der Waals surface area contributed by atoms with Gasteiger partial charge in [0.25, 0.3) is 0 Å². The molecule has 0 radical (unpaired) electrons. The lowest BCUT2D eigenvalue weighted by Crippen LogP contribution is -2.11. The van der Waals surface area contributed by atoms with E-state index >= 15 is 0 Å². The van der Waals surface area contributed by atoms with Crippen LogP contribution in [0.25, 0.3) is 11.3 Å². The Balaban J connectivity index is 1.44. The summed E-state index contributed by atoms with van der Waals surface area (Å²) in [5.41, 5.74) is 2.50. The maximum absolute atomic E-state index is 6.23. The van der Waals surface area contributed by atoms with Gasteiger partial charge in [0.1, 0.15) is 5.69 Å². The first-order chi connectivity index (χ1) is 14.8. The average molecular weight is 503 g/mol. The van der Waals surface area contributed by atoms with Crippen molar-refractivity contribution in [2.24, 2.45) is 0 Å². The fraction of sp³-hybridized carbons (Fsp3) is 0.238. The molecule has 0 saturated heterocycles. The molecule has 31 heavy (non-hydrogen) atoms. The normalized spacial score (nSPS) is 11.5. The van der Waals surface area contributed by atoms with Crippen LogP contribution in [0, 0.1) is 0 Å². The Labute approximate surface area is 192 Å². The lowest BCUT2D eigenvalue weighted by atomic mass is 9.92. The molecular weight excluding hydrogens is 482 g/mol. The standard InChI is InChI=1S/C21H21BrClN7O/c1-21(2,3)17-9-18(29-28-17)26-19-14(22)11-25-20(27-19)24-10-12-8-16(30-31-12)13-6-4-5-7-15(13)23/h4-9,11H,10H2,1-3H3,(H3,24,25,26,27,28,29). The molecule has 0 atom stereocenters. The lowest BCUT2D eigenvalue weighted by molar-refractivity contribution is 0.390. The van der Waals surface area contributed by atoms with Crippen molar-refractivity contribution < 1.29 is 4.52 Å². The summed E-state index contributed by atoms with van der Waals surface area (Å²) in [7, 11) is 0. The molecule has 3 aromatic heterocycles. The first-order valence-corrected chi connectivity index (χ1v) is 10.8. The minimum atomic E-state index is -0.0253. The minimum Gasteiger partial charge on any atom is -0.359 e. The predicted molar refractivity (Wildman–Crippen MR) is 125 cm³/mol. The van der Waals surface area contributed by atoms with Gasteiger partial charge in [0.05, 0.1) is 16.0 Å². The Hall–Kier alpha value is -2.91. The van der Waals surface area contributed by atoms with E-state index in [1.807, 2.05) is 36.4 Å². The van der Waals surface area contributed by atoms with Crippen LogP contribution in [0.2, 0.25) is 5.02 Å². The molecule has 3 N–H and O–H groups in total. The first kappa shape index (κ1) is 21.3. The van der Waals surface area contributed by atoms with Crippen molar-refractivity contribution in [2.45, 2.75) is 32.7 Å². The summed E-state index contributed by atoms with van der Waals surface area (Å²) < 4.78 is 6.14. The molecule has 160 valence electrons. The second-order valence-electron chi connectivity index (χ2n) is 7.94. The highest BCUT2D eigenvalue weighted by atomic mass is 79.9. The highest BCUT2D eigenvalue weighted by Gasteiger charge is 2.17. The zero-order chi connectivity index (χ0) is 22.0. The number of halogens is 2. The number of nitrogens with one attached hydrogen (secondary N) is 3. The lowest BCUT2D eigenvalue weighted by Gasteiger charge is -2.14. The summed E-state index contributed by atoms with van der Waals surface area (Å²) in [6, 6.07) is 11.3. The number of aromatic amines is 1. The molecule has 0 aliphatic heterocycles. The fourth-order valence-corrected chi connectivity index (χ4v) is 3.31. The summed E-state index contributed by atoms with van der Waals surface area (Å²) >= 11 is 9.70. The molecule has 4 rings (SSSR count). The Bertz CT molecular complexity index is 1200. The van der Waals surface area contributed by atoms with E-state index in [2.05, 4.69) is 72.7 Å². The summed E-state index contributed by atoms with van der Waals surface area (Å²) in [5, 5.41) is 18.4. The molecule has 3 heterocycles. The van der Waals surface area contributed by atoms with Crippen molar-refractivity contribution in [2.75, 3.05) is 10.6 Å². The maximum Gasteiger partial charge on any atom is 0.225 e. The summed E-state index contributed by atoms with van der Waals surface area (Å²) in [5.74, 6) is 2.35. The third-order valence-corrected chi connectivity index (χ3v) is 5.42. The number of hydrogen-bond acceptors (Lipinski definition) is 7. The second kappa shape index (κ2) is 8.68. The molecular formula is C21H21BrClN7O. The number of hydrogen-bond donors (Lipinski definition) is 3. The van der Waals surface area contributed by atoms with E-state index in [1.165, 1.54) is 0 Å². The highest BCUT2D eigenvalue weighted by molar-refractivity contribution is 9.10. The van der Waals surface area contributed by atoms with Crippen LogP contribution in [-0.2, 0) is 12.0 Å². The van der Waals surface area contributed by atoms with Crippen molar-refractivity contribution in [3.63, 3.8) is 0 Å². The van der Waals surface area contributed by atoms with Crippen LogP contribution in [0.15, 0.2) is 51.6 Å². The number of H-pyrrole nitrogens is 1. The molecule has 0 unspecified atom stereocenters. The molecule has 8 nitrogen and oxygen atoms in total. The number of nitrogens with zero attached hydrogens (tertiary/aromatic N) is 4. The third-order valence-electron chi connectivity index (χ3n) is 4.51. The molecule has 0 bridgehead atoms. The van der Waals surface area contributed by atoms with Gasteiger partial charge in [0.15, 0.2) is 17.4 Å². The Morgan fingerprint density at radius 3 is 2.74 bits per heavy atom. The molecule has 0 aliphatic carbocycles. The van der Waals surface area contributed by atoms with E-state index < -0.39 is 0 Å². The van der Waals surface area contributed by atoms with Crippen LogP contribution >= 0.6 is 27.5 Å². The van der Waals surface area contributed by atoms with E-state index in [9.17, 15) is 0 Å². The van der Waals surface area contributed by atoms with Crippen LogP contribution in [0.4, 0.5) is 17.6 Å². The van der Waals surface area contributed by atoms with Crippen LogP contribution < -0.4 is 10.6 Å². The molecule has 1 aromatic carbocycles. The van der Waals surface area contributed by atoms with Gasteiger partial charge in [-0.15, -0.1) is 0 Å². The van der Waals surface area contributed by atoms with Gasteiger partial charge in [-0.05, 0) is 22.0 Å². The smallest absolute Gasteiger partial charge is 0.225 e. The number of benzene rings is 1. The topological polar surface area (TPSA) is 105 Å². The van der Waals surface area contributed by atoms with Crippen molar-refractivity contribution in [3.05, 3.63) is 63.5 Å². The highest BCUT2D eigenvalue weighted by Crippen LogP contribution is 2.28. The van der Waals surface area contributed by atoms with Gasteiger partial charge < -0.3 is 15.2 Å². The largest absolute Gasteiger partial charge is 0.359 e. The molecule has 0 aliphatic rings. The van der Waals surface area contributed by atoms with Gasteiger partial charge >= 0.3 is 0 Å². The average Bonchev–Trinajstić information content (AvgIpc) is 3.38. The van der Waals surface area contributed by atoms with E-state index in [-0.39, 0.29) is 5.41 Å². The van der Waals surface area contributed by atoms with Crippen LogP contribution in [0.3, 0.4) is 0 Å². The summed E-state index contributed by atoms with van der Waals surface area (Å²) in [6.45, 7) is 6.73. The quantitative estimate of drug-likeness (QED) is 0.300. The zero-order valence-electron chi connectivity index (χ0n) is 17.2. The first-order valence-electron chi connectivity index (χ1n) is 9.59. The Morgan fingerprint density at radius 1 is 1.19 bits per heavy atom. The van der Waals surface area contributed by atoms with Crippen LogP contribution in [0.5, 0.6) is 0 Å². The van der Waals surface area contributed by atoms with Crippen molar-refractivity contribution in [1.82, 2.24) is 25.3 Å². The number of aromatic nitrogens is 5. The predicted octanol–water partition coefficient (Wildman–Crippen LogP) is 5.92. The van der Waals surface area contributed by atoms with Crippen LogP contribution in [0.1, 0.15) is 32.2 Å². The van der Waals surface area contributed by atoms with E-state index in [4.69, 9.17) is 16.1 Å². The molecule has 4 aromatic rings. The summed E-state index contributed by atoms with van der Waals surface area (Å²) in [6.07, 6.45) is 1.67. The van der Waals surface area contributed by atoms with Gasteiger partial charge in [-0.2, -0.15) is 10.1 Å². The Morgan fingerprint density at radius 2 is 2.00 bits per heavy atom. The molecule has 0 saturated carbocycles. The zero-order valence-corrected chi connectivity index (χ0v) is 19.5. The van der Waals surface area contributed by atoms with Crippen molar-refractivity contribution in [1.29, 1.82) is 0 Å². The SMILES string of the molecule is CC(C)(C)c1cc(Nc2nc(NCc3cc(-c4ccccc4Cl)no3)ncc2Br)n[nH]1. The fourth-order valence-electron chi connectivity index (χ4n) is 2.79. The van der Waals surface area contributed by atoms with Gasteiger partial charge in [-0.1, -0.05) is 55.7 Å². The van der Waals surface area contributed by atoms with Gasteiger partial charge in [0, 0.05) is 35.0 Å². The van der Waals surface area contributed by atoms with E-state index in [0.29, 0.717) is 40.6 Å². The molecule has 0 amide bonds. The van der Waals surface area contributed by atoms with Gasteiger partial charge in [-0.25, -0.2) is 4.98 Å². The van der Waals surface area contributed by atoms with Crippen LogP contribution in [-0.4, -0.2) is 25.3 Å². The van der Waals surface area contributed by atoms with E-state index in [1.54, 1.807) is 6.20 Å². The third kappa shape index (κ3) is 5.05. The van der Waals surface area contributed by atoms with Gasteiger partial charge in [0.2, 0.25) is 5.95 Å². The van der Waals surface area contributed by atoms with Crippen molar-refractivity contribution in [3.8, 4) is 11.3 Å². The minimum absolute atomic E-state index is 0.0253. The second-order valence-corrected chi connectivity index (χ2v) is 9.21. The molecule has 10 heteroatoms.